The van der Waals surface area contributed by atoms with E-state index in [2.05, 4.69) is 31.1 Å². The van der Waals surface area contributed by atoms with Crippen LogP contribution in [0.2, 0.25) is 0 Å². The van der Waals surface area contributed by atoms with E-state index in [1.54, 1.807) is 11.3 Å². The molecule has 0 spiro atoms. The van der Waals surface area contributed by atoms with Crippen LogP contribution in [0, 0.1) is 0 Å². The Balaban J connectivity index is 2.35. The van der Waals surface area contributed by atoms with Gasteiger partial charge in [-0.2, -0.15) is 11.8 Å². The number of nitrogens with one attached hydrogen (secondary N) is 1. The first kappa shape index (κ1) is 11.9. The summed E-state index contributed by atoms with van der Waals surface area (Å²) in [7, 11) is 0. The number of rotatable bonds is 6. The van der Waals surface area contributed by atoms with E-state index in [-0.39, 0.29) is 0 Å². The van der Waals surface area contributed by atoms with Crippen molar-refractivity contribution < 1.29 is 0 Å². The van der Waals surface area contributed by atoms with E-state index in [0.717, 1.165) is 22.7 Å². The second-order valence-corrected chi connectivity index (χ2v) is 5.73. The average molecular weight is 230 g/mol. The quantitative estimate of drug-likeness (QED) is 0.808. The number of aromatic nitrogens is 1. The van der Waals surface area contributed by atoms with Crippen molar-refractivity contribution in [3.05, 3.63) is 11.1 Å². The lowest BCUT2D eigenvalue weighted by Crippen LogP contribution is -1.94. The minimum atomic E-state index is 0.750. The Morgan fingerprint density at radius 2 is 2.36 bits per heavy atom. The fourth-order valence-electron chi connectivity index (χ4n) is 0.949. The second kappa shape index (κ2) is 6.30. The van der Waals surface area contributed by atoms with E-state index < -0.39 is 0 Å². The van der Waals surface area contributed by atoms with E-state index in [0.29, 0.717) is 0 Å². The molecular formula is C10H18N2S2. The van der Waals surface area contributed by atoms with Crippen LogP contribution in [0.3, 0.4) is 0 Å². The highest BCUT2D eigenvalue weighted by atomic mass is 32.2. The van der Waals surface area contributed by atoms with Crippen LogP contribution in [0.5, 0.6) is 0 Å². The third-order valence-corrected chi connectivity index (χ3v) is 4.48. The molecule has 0 saturated heterocycles. The number of thioether (sulfide) groups is 1. The van der Waals surface area contributed by atoms with Crippen molar-refractivity contribution in [3.63, 3.8) is 0 Å². The Bertz CT molecular complexity index is 260. The van der Waals surface area contributed by atoms with Gasteiger partial charge in [0.1, 0.15) is 0 Å². The number of thiazole rings is 1. The Kier molecular flexibility index (Phi) is 5.33. The predicted molar refractivity (Wildman–Crippen MR) is 67.3 cm³/mol. The zero-order valence-corrected chi connectivity index (χ0v) is 10.7. The number of hydrogen-bond acceptors (Lipinski definition) is 4. The molecule has 0 radical (unpaired) electrons. The summed E-state index contributed by atoms with van der Waals surface area (Å²) in [5, 5.41) is 5.03. The standard InChI is InChI=1S/C10H18N2S2/c1-4-8(3)13-7-9-6-12-10(14-9)11-5-2/h6,8H,4-5,7H2,1-3H3,(H,11,12). The molecule has 1 heterocycles. The molecule has 1 atom stereocenters. The van der Waals surface area contributed by atoms with Crippen LogP contribution in [0.15, 0.2) is 6.20 Å². The smallest absolute Gasteiger partial charge is 0.182 e. The van der Waals surface area contributed by atoms with Crippen LogP contribution in [-0.4, -0.2) is 16.8 Å². The zero-order chi connectivity index (χ0) is 10.4. The van der Waals surface area contributed by atoms with Crippen LogP contribution in [-0.2, 0) is 5.75 Å². The molecule has 4 heteroatoms. The van der Waals surface area contributed by atoms with E-state index >= 15 is 0 Å². The Morgan fingerprint density at radius 3 is 3.00 bits per heavy atom. The molecule has 1 rings (SSSR count). The lowest BCUT2D eigenvalue weighted by atomic mass is 10.4. The zero-order valence-electron chi connectivity index (χ0n) is 9.04. The third-order valence-electron chi connectivity index (χ3n) is 1.97. The van der Waals surface area contributed by atoms with Crippen molar-refractivity contribution in [2.24, 2.45) is 0 Å². The van der Waals surface area contributed by atoms with Gasteiger partial charge >= 0.3 is 0 Å². The lowest BCUT2D eigenvalue weighted by molar-refractivity contribution is 0.905. The molecule has 0 aliphatic carbocycles. The maximum Gasteiger partial charge on any atom is 0.182 e. The molecule has 1 N–H and O–H groups in total. The fraction of sp³-hybridized carbons (Fsp3) is 0.700. The molecule has 1 aromatic heterocycles. The van der Waals surface area contributed by atoms with Crippen molar-refractivity contribution in [3.8, 4) is 0 Å². The van der Waals surface area contributed by atoms with Gasteiger partial charge in [0.05, 0.1) is 0 Å². The highest BCUT2D eigenvalue weighted by Gasteiger charge is 2.03. The normalized spacial score (nSPS) is 12.8. The van der Waals surface area contributed by atoms with Gasteiger partial charge in [0, 0.05) is 28.6 Å². The molecule has 80 valence electrons. The third kappa shape index (κ3) is 3.88. The van der Waals surface area contributed by atoms with Gasteiger partial charge in [-0.1, -0.05) is 13.8 Å². The second-order valence-electron chi connectivity index (χ2n) is 3.19. The molecule has 1 aromatic rings. The number of hydrogen-bond donors (Lipinski definition) is 1. The van der Waals surface area contributed by atoms with E-state index in [9.17, 15) is 0 Å². The maximum absolute atomic E-state index is 4.30. The summed E-state index contributed by atoms with van der Waals surface area (Å²) in [5.41, 5.74) is 0. The van der Waals surface area contributed by atoms with E-state index in [1.165, 1.54) is 11.3 Å². The first-order valence-corrected chi connectivity index (χ1v) is 6.93. The highest BCUT2D eigenvalue weighted by Crippen LogP contribution is 2.25. The first-order valence-electron chi connectivity index (χ1n) is 5.06. The van der Waals surface area contributed by atoms with Crippen molar-refractivity contribution in [1.82, 2.24) is 4.98 Å². The van der Waals surface area contributed by atoms with Gasteiger partial charge in [-0.05, 0) is 13.3 Å². The van der Waals surface area contributed by atoms with Gasteiger partial charge in [-0.15, -0.1) is 11.3 Å². The Hall–Kier alpha value is -0.220. The summed E-state index contributed by atoms with van der Waals surface area (Å²) >= 11 is 3.77. The minimum Gasteiger partial charge on any atom is -0.362 e. The summed E-state index contributed by atoms with van der Waals surface area (Å²) in [6.45, 7) is 7.55. The summed E-state index contributed by atoms with van der Waals surface area (Å²) < 4.78 is 0. The largest absolute Gasteiger partial charge is 0.362 e. The van der Waals surface area contributed by atoms with Crippen LogP contribution < -0.4 is 5.32 Å². The van der Waals surface area contributed by atoms with Crippen LogP contribution in [0.4, 0.5) is 5.13 Å². The number of nitrogens with zero attached hydrogens (tertiary/aromatic N) is 1. The average Bonchev–Trinajstić information content (AvgIpc) is 2.63. The van der Waals surface area contributed by atoms with Gasteiger partial charge in [0.15, 0.2) is 5.13 Å². The molecular weight excluding hydrogens is 212 g/mol. The molecule has 0 aromatic carbocycles. The molecule has 0 fully saturated rings. The van der Waals surface area contributed by atoms with E-state index in [1.807, 2.05) is 18.0 Å². The predicted octanol–water partition coefficient (Wildman–Crippen LogP) is 3.61. The molecule has 0 bridgehead atoms. The van der Waals surface area contributed by atoms with E-state index in [4.69, 9.17) is 0 Å². The van der Waals surface area contributed by atoms with Gasteiger partial charge in [-0.25, -0.2) is 4.98 Å². The number of anilines is 1. The van der Waals surface area contributed by atoms with Crippen LogP contribution in [0.1, 0.15) is 32.1 Å². The Morgan fingerprint density at radius 1 is 1.57 bits per heavy atom. The summed E-state index contributed by atoms with van der Waals surface area (Å²) in [5.74, 6) is 1.10. The van der Waals surface area contributed by atoms with Crippen molar-refractivity contribution in [1.29, 1.82) is 0 Å². The van der Waals surface area contributed by atoms with Gasteiger partial charge in [-0.3, -0.25) is 0 Å². The highest BCUT2D eigenvalue weighted by molar-refractivity contribution is 7.99. The molecule has 0 aliphatic rings. The first-order chi connectivity index (χ1) is 6.76. The van der Waals surface area contributed by atoms with Crippen molar-refractivity contribution in [2.45, 2.75) is 38.2 Å². The SMILES string of the molecule is CCNc1ncc(CSC(C)CC)s1. The van der Waals surface area contributed by atoms with Crippen LogP contribution >= 0.6 is 23.1 Å². The van der Waals surface area contributed by atoms with Gasteiger partial charge < -0.3 is 5.32 Å². The molecule has 14 heavy (non-hydrogen) atoms. The minimum absolute atomic E-state index is 0.750. The Labute approximate surface area is 94.5 Å². The summed E-state index contributed by atoms with van der Waals surface area (Å²) in [6, 6.07) is 0. The van der Waals surface area contributed by atoms with Crippen LogP contribution in [0.25, 0.3) is 0 Å². The molecule has 0 saturated carbocycles. The molecule has 2 nitrogen and oxygen atoms in total. The molecule has 0 aliphatic heterocycles. The summed E-state index contributed by atoms with van der Waals surface area (Å²) in [4.78, 5) is 5.67. The lowest BCUT2D eigenvalue weighted by Gasteiger charge is -2.05. The van der Waals surface area contributed by atoms with Crippen molar-refractivity contribution >= 4 is 28.2 Å². The molecule has 0 amide bonds. The van der Waals surface area contributed by atoms with Crippen molar-refractivity contribution in [2.75, 3.05) is 11.9 Å². The maximum atomic E-state index is 4.30. The molecule has 1 unspecified atom stereocenters. The van der Waals surface area contributed by atoms with Gasteiger partial charge in [0.25, 0.3) is 0 Å². The summed E-state index contributed by atoms with van der Waals surface area (Å²) in [6.07, 6.45) is 3.22. The monoisotopic (exact) mass is 230 g/mol. The topological polar surface area (TPSA) is 24.9 Å². The van der Waals surface area contributed by atoms with Gasteiger partial charge in [0.2, 0.25) is 0 Å². The fourth-order valence-corrected chi connectivity index (χ4v) is 2.82.